The number of amides is 2. The van der Waals surface area contributed by atoms with Gasteiger partial charge < -0.3 is 10.6 Å². The monoisotopic (exact) mass is 280 g/mol. The van der Waals surface area contributed by atoms with Gasteiger partial charge in [-0.3, -0.25) is 9.59 Å². The zero-order chi connectivity index (χ0) is 15.2. The van der Waals surface area contributed by atoms with Gasteiger partial charge in [0.15, 0.2) is 0 Å². The first kappa shape index (κ1) is 16.1. The van der Waals surface area contributed by atoms with Crippen LogP contribution in [0.3, 0.4) is 0 Å². The van der Waals surface area contributed by atoms with Crippen LogP contribution in [0.25, 0.3) is 0 Å². The second-order valence-corrected chi connectivity index (χ2v) is 5.66. The fourth-order valence-corrected chi connectivity index (χ4v) is 1.49. The lowest BCUT2D eigenvalue weighted by Gasteiger charge is -2.17. The van der Waals surface area contributed by atoms with Gasteiger partial charge in [-0.05, 0) is 24.1 Å². The van der Waals surface area contributed by atoms with Crippen molar-refractivity contribution >= 4 is 11.8 Å². The molecule has 0 saturated heterocycles. The minimum atomic E-state index is -0.506. The summed E-state index contributed by atoms with van der Waals surface area (Å²) in [5.74, 6) is -0.668. The molecular formula is C15H21FN2O2. The number of hydrogen-bond donors (Lipinski definition) is 2. The third kappa shape index (κ3) is 5.82. The van der Waals surface area contributed by atoms with E-state index in [1.807, 2.05) is 0 Å². The zero-order valence-corrected chi connectivity index (χ0v) is 12.1. The summed E-state index contributed by atoms with van der Waals surface area (Å²) in [6.45, 7) is 5.79. The van der Waals surface area contributed by atoms with Crippen LogP contribution in [-0.2, 0) is 16.0 Å². The van der Waals surface area contributed by atoms with Gasteiger partial charge in [-0.15, -0.1) is 0 Å². The summed E-state index contributed by atoms with van der Waals surface area (Å²) in [6, 6.07) is 6.15. The summed E-state index contributed by atoms with van der Waals surface area (Å²) in [5.41, 5.74) is 0.444. The Balaban J connectivity index is 2.24. The lowest BCUT2D eigenvalue weighted by Crippen LogP contribution is -2.42. The van der Waals surface area contributed by atoms with Crippen molar-refractivity contribution in [2.45, 2.75) is 27.2 Å². The molecule has 20 heavy (non-hydrogen) atoms. The molecule has 0 radical (unpaired) electrons. The summed E-state index contributed by atoms with van der Waals surface area (Å²) in [4.78, 5) is 23.1. The van der Waals surface area contributed by atoms with Crippen molar-refractivity contribution < 1.29 is 14.0 Å². The highest BCUT2D eigenvalue weighted by Crippen LogP contribution is 2.11. The van der Waals surface area contributed by atoms with E-state index in [4.69, 9.17) is 0 Å². The average molecular weight is 280 g/mol. The Morgan fingerprint density at radius 3 is 2.25 bits per heavy atom. The smallest absolute Gasteiger partial charge is 0.239 e. The summed E-state index contributed by atoms with van der Waals surface area (Å²) < 4.78 is 12.7. The fraction of sp³-hybridized carbons (Fsp3) is 0.467. The molecule has 110 valence electrons. The second-order valence-electron chi connectivity index (χ2n) is 5.66. The van der Waals surface area contributed by atoms with Gasteiger partial charge in [0.1, 0.15) is 5.82 Å². The molecule has 0 aliphatic heterocycles. The van der Waals surface area contributed by atoms with Gasteiger partial charge in [-0.25, -0.2) is 4.39 Å². The van der Waals surface area contributed by atoms with E-state index >= 15 is 0 Å². The van der Waals surface area contributed by atoms with Crippen molar-refractivity contribution in [3.8, 4) is 0 Å². The van der Waals surface area contributed by atoms with E-state index in [-0.39, 0.29) is 24.2 Å². The van der Waals surface area contributed by atoms with Crippen molar-refractivity contribution in [3.05, 3.63) is 35.6 Å². The fourth-order valence-electron chi connectivity index (χ4n) is 1.49. The van der Waals surface area contributed by atoms with E-state index in [1.165, 1.54) is 12.1 Å². The largest absolute Gasteiger partial charge is 0.354 e. The molecule has 4 nitrogen and oxygen atoms in total. The van der Waals surface area contributed by atoms with Crippen LogP contribution in [0, 0.1) is 11.2 Å². The molecule has 0 bridgehead atoms. The maximum atomic E-state index is 12.7. The number of hydrogen-bond acceptors (Lipinski definition) is 2. The average Bonchev–Trinajstić information content (AvgIpc) is 2.37. The minimum Gasteiger partial charge on any atom is -0.354 e. The normalized spacial score (nSPS) is 11.0. The number of carbonyl (C=O) groups is 2. The molecule has 0 heterocycles. The Labute approximate surface area is 118 Å². The summed E-state index contributed by atoms with van der Waals surface area (Å²) >= 11 is 0. The van der Waals surface area contributed by atoms with E-state index in [2.05, 4.69) is 10.6 Å². The first-order chi connectivity index (χ1) is 9.29. The Hall–Kier alpha value is -1.91. The highest BCUT2D eigenvalue weighted by atomic mass is 19.1. The van der Waals surface area contributed by atoms with Crippen LogP contribution in [0.4, 0.5) is 4.39 Å². The molecule has 1 aromatic rings. The predicted octanol–water partition coefficient (Wildman–Crippen LogP) is 1.65. The summed E-state index contributed by atoms with van der Waals surface area (Å²) in [6.07, 6.45) is 0.624. The first-order valence-electron chi connectivity index (χ1n) is 6.58. The lowest BCUT2D eigenvalue weighted by molar-refractivity contribution is -0.131. The molecule has 0 aliphatic rings. The number of halogens is 1. The van der Waals surface area contributed by atoms with Crippen LogP contribution >= 0.6 is 0 Å². The van der Waals surface area contributed by atoms with Crippen molar-refractivity contribution in [3.63, 3.8) is 0 Å². The maximum absolute atomic E-state index is 12.7. The summed E-state index contributed by atoms with van der Waals surface area (Å²) in [7, 11) is 0. The van der Waals surface area contributed by atoms with E-state index in [0.717, 1.165) is 5.56 Å². The third-order valence-electron chi connectivity index (χ3n) is 2.74. The highest BCUT2D eigenvalue weighted by molar-refractivity contribution is 5.87. The predicted molar refractivity (Wildman–Crippen MR) is 75.6 cm³/mol. The van der Waals surface area contributed by atoms with Crippen LogP contribution in [-0.4, -0.2) is 24.9 Å². The Morgan fingerprint density at radius 2 is 1.70 bits per heavy atom. The van der Waals surface area contributed by atoms with Crippen molar-refractivity contribution in [2.75, 3.05) is 13.1 Å². The number of benzene rings is 1. The van der Waals surface area contributed by atoms with Gasteiger partial charge in [0.25, 0.3) is 0 Å². The van der Waals surface area contributed by atoms with Gasteiger partial charge in [-0.1, -0.05) is 32.9 Å². The molecule has 0 aliphatic carbocycles. The quantitative estimate of drug-likeness (QED) is 0.861. The van der Waals surface area contributed by atoms with Crippen LogP contribution < -0.4 is 10.6 Å². The van der Waals surface area contributed by atoms with E-state index in [9.17, 15) is 14.0 Å². The Morgan fingerprint density at radius 1 is 1.10 bits per heavy atom. The van der Waals surface area contributed by atoms with Gasteiger partial charge in [0, 0.05) is 12.0 Å². The minimum absolute atomic E-state index is 0.0283. The van der Waals surface area contributed by atoms with Gasteiger partial charge in [0.2, 0.25) is 11.8 Å². The molecule has 0 saturated carbocycles. The van der Waals surface area contributed by atoms with E-state index in [1.54, 1.807) is 32.9 Å². The lowest BCUT2D eigenvalue weighted by atomic mass is 9.96. The first-order valence-corrected chi connectivity index (χ1v) is 6.58. The Bertz CT molecular complexity index is 464. The van der Waals surface area contributed by atoms with Crippen LogP contribution in [0.5, 0.6) is 0 Å². The molecule has 1 rings (SSSR count). The molecule has 0 unspecified atom stereocenters. The van der Waals surface area contributed by atoms with E-state index in [0.29, 0.717) is 13.0 Å². The molecule has 2 N–H and O–H groups in total. The summed E-state index contributed by atoms with van der Waals surface area (Å²) in [5, 5.41) is 5.28. The third-order valence-corrected chi connectivity index (χ3v) is 2.74. The van der Waals surface area contributed by atoms with Crippen LogP contribution in [0.1, 0.15) is 26.3 Å². The van der Waals surface area contributed by atoms with Crippen molar-refractivity contribution in [1.82, 2.24) is 10.6 Å². The van der Waals surface area contributed by atoms with E-state index < -0.39 is 5.41 Å². The topological polar surface area (TPSA) is 58.2 Å². The number of carbonyl (C=O) groups excluding carboxylic acids is 2. The van der Waals surface area contributed by atoms with Crippen molar-refractivity contribution in [1.29, 1.82) is 0 Å². The molecule has 0 fully saturated rings. The standard InChI is InChI=1S/C15H21FN2O2/c1-15(2,3)14(20)18-10-13(19)17-9-8-11-4-6-12(16)7-5-11/h4-7H,8-10H2,1-3H3,(H,17,19)(H,18,20). The number of nitrogens with one attached hydrogen (secondary N) is 2. The SMILES string of the molecule is CC(C)(C)C(=O)NCC(=O)NCCc1ccc(F)cc1. The Kier molecular flexibility index (Phi) is 5.67. The zero-order valence-electron chi connectivity index (χ0n) is 12.1. The molecule has 2 amide bonds. The highest BCUT2D eigenvalue weighted by Gasteiger charge is 2.21. The number of rotatable bonds is 5. The second kappa shape index (κ2) is 7.03. The van der Waals surface area contributed by atoms with Crippen molar-refractivity contribution in [2.24, 2.45) is 5.41 Å². The molecule has 1 aromatic carbocycles. The van der Waals surface area contributed by atoms with Gasteiger partial charge >= 0.3 is 0 Å². The molecule has 5 heteroatoms. The van der Waals surface area contributed by atoms with Crippen LogP contribution in [0.2, 0.25) is 0 Å². The molecule has 0 spiro atoms. The molecular weight excluding hydrogens is 259 g/mol. The maximum Gasteiger partial charge on any atom is 0.239 e. The molecule has 0 aromatic heterocycles. The van der Waals surface area contributed by atoms with Gasteiger partial charge in [-0.2, -0.15) is 0 Å². The molecule has 0 atom stereocenters. The van der Waals surface area contributed by atoms with Gasteiger partial charge in [0.05, 0.1) is 6.54 Å². The van der Waals surface area contributed by atoms with Crippen LogP contribution in [0.15, 0.2) is 24.3 Å².